The Balaban J connectivity index is 1.72. The van der Waals surface area contributed by atoms with Gasteiger partial charge in [0.15, 0.2) is 0 Å². The normalized spacial score (nSPS) is 17.1. The smallest absolute Gasteiger partial charge is 0.251 e. The van der Waals surface area contributed by atoms with E-state index >= 15 is 0 Å². The molecule has 2 atom stereocenters. The van der Waals surface area contributed by atoms with Crippen LogP contribution in [0, 0.1) is 0 Å². The fourth-order valence-electron chi connectivity index (χ4n) is 3.94. The summed E-state index contributed by atoms with van der Waals surface area (Å²) in [6.07, 6.45) is 0.0920. The highest BCUT2D eigenvalue weighted by molar-refractivity contribution is 7.90. The Morgan fingerprint density at radius 3 is 2.18 bits per heavy atom. The van der Waals surface area contributed by atoms with E-state index in [4.69, 9.17) is 33.4 Å². The summed E-state index contributed by atoms with van der Waals surface area (Å²) in [5.74, 6) is -0.252. The molecule has 1 heterocycles. The minimum absolute atomic E-state index is 0.00559. The van der Waals surface area contributed by atoms with E-state index in [0.717, 1.165) is 11.1 Å². The Morgan fingerprint density at radius 2 is 1.59 bits per heavy atom. The summed E-state index contributed by atoms with van der Waals surface area (Å²) in [6.45, 7) is 1.75. The lowest BCUT2D eigenvalue weighted by molar-refractivity contribution is 0.460. The quantitative estimate of drug-likeness (QED) is 0.292. The average Bonchev–Trinajstić information content (AvgIpc) is 3.34. The van der Waals surface area contributed by atoms with Crippen LogP contribution in [0.25, 0.3) is 0 Å². The van der Waals surface area contributed by atoms with Crippen LogP contribution in [0.1, 0.15) is 30.4 Å². The van der Waals surface area contributed by atoms with Crippen LogP contribution in [0.15, 0.2) is 93.9 Å². The highest BCUT2D eigenvalue weighted by atomic mass is 35.5. The number of benzene rings is 3. The van der Waals surface area contributed by atoms with E-state index in [9.17, 15) is 16.8 Å². The number of nitrogens with zero attached hydrogens (tertiary/aromatic N) is 3. The van der Waals surface area contributed by atoms with Crippen molar-refractivity contribution < 1.29 is 16.8 Å². The molecule has 0 saturated carbocycles. The highest BCUT2D eigenvalue weighted by Crippen LogP contribution is 2.29. The monoisotopic (exact) mass is 607 g/mol. The van der Waals surface area contributed by atoms with Crippen LogP contribution in [0.3, 0.4) is 0 Å². The second-order valence-electron chi connectivity index (χ2n) is 8.99. The largest absolute Gasteiger partial charge is 0.264 e. The zero-order valence-corrected chi connectivity index (χ0v) is 24.1. The Bertz CT molecular complexity index is 1580. The Kier molecular flexibility index (Phi) is 8.97. The molecule has 206 valence electrons. The summed E-state index contributed by atoms with van der Waals surface area (Å²) in [7, 11) is -7.84. The molecule has 0 bridgehead atoms. The summed E-state index contributed by atoms with van der Waals surface area (Å²) < 4.78 is 52.5. The van der Waals surface area contributed by atoms with Crippen LogP contribution in [-0.2, 0) is 20.0 Å². The van der Waals surface area contributed by atoms with Gasteiger partial charge in [-0.3, -0.25) is 4.99 Å². The number of guanidine groups is 1. The van der Waals surface area contributed by atoms with Crippen molar-refractivity contribution in [2.45, 2.75) is 29.4 Å². The third-order valence-corrected chi connectivity index (χ3v) is 9.41. The van der Waals surface area contributed by atoms with Crippen LogP contribution < -0.4 is 9.86 Å². The first-order valence-corrected chi connectivity index (χ1v) is 15.8. The number of primary sulfonamides is 1. The average molecular weight is 609 g/mol. The van der Waals surface area contributed by atoms with Crippen LogP contribution in [0.5, 0.6) is 0 Å². The predicted molar refractivity (Wildman–Crippen MR) is 155 cm³/mol. The summed E-state index contributed by atoms with van der Waals surface area (Å²) in [6, 6.07) is 22.6. The molecule has 0 unspecified atom stereocenters. The zero-order valence-electron chi connectivity index (χ0n) is 20.9. The maximum absolute atomic E-state index is 13.3. The molecule has 0 radical (unpaired) electrons. The lowest BCUT2D eigenvalue weighted by Crippen LogP contribution is -2.41. The number of hydrogen-bond acceptors (Lipinski definition) is 6. The fourth-order valence-corrected chi connectivity index (χ4v) is 5.65. The highest BCUT2D eigenvalue weighted by Gasteiger charge is 2.33. The molecular formula is C26H27Cl2N5O4S2. The van der Waals surface area contributed by atoms with Crippen molar-refractivity contribution in [2.75, 3.05) is 13.1 Å². The Hall–Kier alpha value is -2.96. The molecule has 0 spiro atoms. The molecule has 13 heteroatoms. The predicted octanol–water partition coefficient (Wildman–Crippen LogP) is 4.20. The summed E-state index contributed by atoms with van der Waals surface area (Å²) in [5.41, 5.74) is 2.50. The first-order chi connectivity index (χ1) is 18.4. The number of rotatable bonds is 8. The van der Waals surface area contributed by atoms with E-state index in [1.165, 1.54) is 36.2 Å². The standard InChI is InChI=1S/C26H27Cl2N5O4S2/c1-18(38(29,34)35)15-16-30-26(32-39(36,37)23-13-11-22(28)12-14-23)33-17-24(19-5-3-2-4-6-19)25(31-33)20-7-9-21(27)10-8-20/h2-14,18,24H,15-17H2,1H3,(H,30,32)(H2,29,34,35)/t18-,24-/m0/s1. The molecule has 1 aliphatic heterocycles. The van der Waals surface area contributed by atoms with E-state index in [0.29, 0.717) is 15.8 Å². The van der Waals surface area contributed by atoms with Gasteiger partial charge in [0.25, 0.3) is 10.0 Å². The van der Waals surface area contributed by atoms with Gasteiger partial charge in [0.1, 0.15) is 0 Å². The number of nitrogens with two attached hydrogens (primary N) is 1. The van der Waals surface area contributed by atoms with Gasteiger partial charge in [-0.1, -0.05) is 65.7 Å². The van der Waals surface area contributed by atoms with Crippen molar-refractivity contribution in [2.24, 2.45) is 15.2 Å². The molecule has 1 aliphatic rings. The Morgan fingerprint density at radius 1 is 1.00 bits per heavy atom. The second kappa shape index (κ2) is 12.1. The minimum Gasteiger partial charge on any atom is -0.251 e. The fraction of sp³-hybridized carbons (Fsp3) is 0.231. The van der Waals surface area contributed by atoms with Gasteiger partial charge in [0.2, 0.25) is 16.0 Å². The summed E-state index contributed by atoms with van der Waals surface area (Å²) in [4.78, 5) is 4.42. The third-order valence-electron chi connectivity index (χ3n) is 6.21. The van der Waals surface area contributed by atoms with E-state index < -0.39 is 25.3 Å². The van der Waals surface area contributed by atoms with Crippen LogP contribution in [0.2, 0.25) is 10.0 Å². The van der Waals surface area contributed by atoms with Crippen molar-refractivity contribution in [3.63, 3.8) is 0 Å². The number of aliphatic imine (C=N–C) groups is 1. The lowest BCUT2D eigenvalue weighted by Gasteiger charge is -2.20. The second-order valence-corrected chi connectivity index (χ2v) is 13.5. The first-order valence-electron chi connectivity index (χ1n) is 12.0. The van der Waals surface area contributed by atoms with Gasteiger partial charge in [-0.15, -0.1) is 0 Å². The number of hydrogen-bond donors (Lipinski definition) is 2. The minimum atomic E-state index is -4.07. The van der Waals surface area contributed by atoms with Gasteiger partial charge in [0.05, 0.1) is 22.4 Å². The van der Waals surface area contributed by atoms with Crippen molar-refractivity contribution >= 4 is 54.9 Å². The molecule has 0 fully saturated rings. The number of nitrogens with one attached hydrogen (secondary N) is 1. The molecule has 9 nitrogen and oxygen atoms in total. The molecule has 39 heavy (non-hydrogen) atoms. The van der Waals surface area contributed by atoms with Gasteiger partial charge in [-0.2, -0.15) is 5.10 Å². The van der Waals surface area contributed by atoms with E-state index in [-0.39, 0.29) is 36.3 Å². The maximum Gasteiger partial charge on any atom is 0.264 e. The van der Waals surface area contributed by atoms with Gasteiger partial charge in [-0.25, -0.2) is 31.7 Å². The SMILES string of the molecule is C[C@@H](CCN=C(NS(=O)(=O)c1ccc(Cl)cc1)N1C[C@@H](c2ccccc2)C(c2ccc(Cl)cc2)=N1)S(N)(=O)=O. The summed E-state index contributed by atoms with van der Waals surface area (Å²) >= 11 is 12.0. The summed E-state index contributed by atoms with van der Waals surface area (Å²) in [5, 5.41) is 11.6. The van der Waals surface area contributed by atoms with Gasteiger partial charge < -0.3 is 0 Å². The van der Waals surface area contributed by atoms with Crippen molar-refractivity contribution in [3.8, 4) is 0 Å². The molecule has 3 aromatic carbocycles. The zero-order chi connectivity index (χ0) is 28.2. The molecular weight excluding hydrogens is 581 g/mol. The van der Waals surface area contributed by atoms with E-state index in [1.807, 2.05) is 42.5 Å². The third kappa shape index (κ3) is 7.37. The lowest BCUT2D eigenvalue weighted by atomic mass is 9.91. The van der Waals surface area contributed by atoms with E-state index in [1.54, 1.807) is 12.1 Å². The molecule has 0 aliphatic carbocycles. The number of sulfonamides is 2. The van der Waals surface area contributed by atoms with Crippen LogP contribution >= 0.6 is 23.2 Å². The molecule has 4 rings (SSSR count). The molecule has 3 aromatic rings. The molecule has 0 aromatic heterocycles. The van der Waals surface area contributed by atoms with Crippen molar-refractivity contribution in [1.29, 1.82) is 0 Å². The number of hydrazone groups is 1. The molecule has 0 saturated heterocycles. The van der Waals surface area contributed by atoms with Gasteiger partial charge in [0, 0.05) is 22.5 Å². The van der Waals surface area contributed by atoms with Crippen molar-refractivity contribution in [1.82, 2.24) is 9.73 Å². The molecule has 0 amide bonds. The van der Waals surface area contributed by atoms with Crippen molar-refractivity contribution in [3.05, 3.63) is 100 Å². The van der Waals surface area contributed by atoms with Crippen LogP contribution in [0.4, 0.5) is 0 Å². The maximum atomic E-state index is 13.3. The van der Waals surface area contributed by atoms with E-state index in [2.05, 4.69) is 9.71 Å². The van der Waals surface area contributed by atoms with Crippen LogP contribution in [-0.4, -0.2) is 51.9 Å². The van der Waals surface area contributed by atoms with Gasteiger partial charge in [-0.05, 0) is 60.9 Å². The first kappa shape index (κ1) is 29.0. The number of halogens is 2. The molecule has 3 N–H and O–H groups in total. The topological polar surface area (TPSA) is 134 Å². The van der Waals surface area contributed by atoms with Gasteiger partial charge >= 0.3 is 0 Å². The Labute approximate surface area is 238 Å².